The highest BCUT2D eigenvalue weighted by Gasteiger charge is 2.48. The van der Waals surface area contributed by atoms with Crippen LogP contribution in [0.3, 0.4) is 0 Å². The summed E-state index contributed by atoms with van der Waals surface area (Å²) in [6, 6.07) is 0.0664. The van der Waals surface area contributed by atoms with Gasteiger partial charge >= 0.3 is 0 Å². The highest BCUT2D eigenvalue weighted by atomic mass is 19.3. The number of fused-ring (bicyclic) bond motifs is 3. The number of nitrogens with zero attached hydrogens (tertiary/aromatic N) is 3. The van der Waals surface area contributed by atoms with Crippen LogP contribution in [0.4, 0.5) is 8.78 Å². The zero-order chi connectivity index (χ0) is 12.3. The van der Waals surface area contributed by atoms with E-state index in [1.165, 1.54) is 0 Å². The lowest BCUT2D eigenvalue weighted by atomic mass is 9.80. The molecule has 0 aromatic carbocycles. The predicted molar refractivity (Wildman–Crippen MR) is 61.8 cm³/mol. The van der Waals surface area contributed by atoms with E-state index >= 15 is 0 Å². The van der Waals surface area contributed by atoms with Gasteiger partial charge in [0.05, 0.1) is 17.9 Å². The second-order valence-corrected chi connectivity index (χ2v) is 5.11. The van der Waals surface area contributed by atoms with Crippen molar-refractivity contribution in [3.05, 3.63) is 30.0 Å². The summed E-state index contributed by atoms with van der Waals surface area (Å²) < 4.78 is 28.0. The monoisotopic (exact) mass is 250 g/mol. The van der Waals surface area contributed by atoms with E-state index in [1.807, 2.05) is 16.8 Å². The first-order valence-corrected chi connectivity index (χ1v) is 6.05. The summed E-state index contributed by atoms with van der Waals surface area (Å²) >= 11 is 0. The maximum atomic E-state index is 13.0. The van der Waals surface area contributed by atoms with Crippen LogP contribution in [0.25, 0.3) is 0 Å². The first-order valence-electron chi connectivity index (χ1n) is 6.05. The number of alkyl halides is 2. The Kier molecular flexibility index (Phi) is 1.81. The van der Waals surface area contributed by atoms with Gasteiger partial charge in [-0.1, -0.05) is 0 Å². The normalized spacial score (nSPS) is 31.7. The topological polar surface area (TPSA) is 42.2 Å². The van der Waals surface area contributed by atoms with E-state index in [2.05, 4.69) is 15.3 Å². The van der Waals surface area contributed by atoms with Crippen molar-refractivity contribution in [1.29, 1.82) is 0 Å². The molecule has 1 aliphatic carbocycles. The van der Waals surface area contributed by atoms with Crippen molar-refractivity contribution in [2.75, 3.05) is 0 Å². The number of nitrogens with one attached hydrogen (secondary N) is 1. The third-order valence-corrected chi connectivity index (χ3v) is 3.86. The Morgan fingerprint density at radius 3 is 3.00 bits per heavy atom. The van der Waals surface area contributed by atoms with E-state index < -0.39 is 5.92 Å². The van der Waals surface area contributed by atoms with Gasteiger partial charge in [0.2, 0.25) is 5.92 Å². The van der Waals surface area contributed by atoms with Crippen molar-refractivity contribution in [2.24, 2.45) is 4.99 Å². The van der Waals surface area contributed by atoms with Gasteiger partial charge in [0, 0.05) is 25.0 Å². The van der Waals surface area contributed by atoms with Crippen molar-refractivity contribution in [2.45, 2.75) is 36.9 Å². The van der Waals surface area contributed by atoms with Gasteiger partial charge in [0.1, 0.15) is 12.0 Å². The van der Waals surface area contributed by atoms with Crippen LogP contribution in [-0.2, 0) is 0 Å². The third kappa shape index (κ3) is 1.28. The minimum Gasteiger partial charge on any atom is -0.368 e. The number of imidazole rings is 1. The molecule has 2 unspecified atom stereocenters. The smallest absolute Gasteiger partial charge is 0.249 e. The fourth-order valence-electron chi connectivity index (χ4n) is 2.93. The molecule has 2 atom stereocenters. The molecule has 0 bridgehead atoms. The molecule has 2 aliphatic heterocycles. The Hall–Kier alpha value is -1.72. The van der Waals surface area contributed by atoms with E-state index in [0.29, 0.717) is 0 Å². The molecule has 0 radical (unpaired) electrons. The molecule has 1 aromatic heterocycles. The molecule has 0 spiro atoms. The zero-order valence-electron chi connectivity index (χ0n) is 9.55. The third-order valence-electron chi connectivity index (χ3n) is 3.86. The zero-order valence-corrected chi connectivity index (χ0v) is 9.55. The van der Waals surface area contributed by atoms with E-state index in [1.54, 1.807) is 12.4 Å². The van der Waals surface area contributed by atoms with Gasteiger partial charge in [0.25, 0.3) is 0 Å². The summed E-state index contributed by atoms with van der Waals surface area (Å²) in [5.41, 5.74) is 0.898. The van der Waals surface area contributed by atoms with E-state index in [4.69, 9.17) is 0 Å². The summed E-state index contributed by atoms with van der Waals surface area (Å²) in [6.07, 6.45) is 7.15. The van der Waals surface area contributed by atoms with E-state index in [-0.39, 0.29) is 31.0 Å². The molecular formula is C12H12F2N4. The fourth-order valence-corrected chi connectivity index (χ4v) is 2.93. The van der Waals surface area contributed by atoms with Gasteiger partial charge in [-0.25, -0.2) is 13.8 Å². The van der Waals surface area contributed by atoms with Gasteiger partial charge in [-0.2, -0.15) is 0 Å². The largest absolute Gasteiger partial charge is 0.368 e. The minimum absolute atomic E-state index is 0.0222. The molecule has 0 saturated heterocycles. The SMILES string of the molecule is FC1(F)CC(c2ncc3n2C2C=CNC2N=C3)C1. The van der Waals surface area contributed by atoms with Gasteiger partial charge in [-0.3, -0.25) is 4.99 Å². The number of aromatic nitrogens is 2. The maximum absolute atomic E-state index is 13.0. The number of rotatable bonds is 1. The first-order chi connectivity index (χ1) is 8.64. The Morgan fingerprint density at radius 1 is 1.39 bits per heavy atom. The maximum Gasteiger partial charge on any atom is 0.249 e. The van der Waals surface area contributed by atoms with Crippen LogP contribution in [0.15, 0.2) is 23.5 Å². The standard InChI is InChI=1S/C12H12F2N4/c13-12(14)3-7(4-12)11-17-6-8-5-16-10-9(18(8)11)1-2-15-10/h1-2,5-7,9-10,15H,3-4H2. The summed E-state index contributed by atoms with van der Waals surface area (Å²) in [7, 11) is 0. The van der Waals surface area contributed by atoms with Crippen molar-refractivity contribution in [3.63, 3.8) is 0 Å². The number of aliphatic imine (C=N–C) groups is 1. The molecule has 18 heavy (non-hydrogen) atoms. The molecular weight excluding hydrogens is 238 g/mol. The molecule has 4 rings (SSSR count). The quantitative estimate of drug-likeness (QED) is 0.826. The summed E-state index contributed by atoms with van der Waals surface area (Å²) in [5, 5.41) is 3.13. The van der Waals surface area contributed by atoms with Crippen LogP contribution in [0.2, 0.25) is 0 Å². The number of hydrogen-bond donors (Lipinski definition) is 1. The van der Waals surface area contributed by atoms with Crippen LogP contribution in [0, 0.1) is 0 Å². The molecule has 3 aliphatic rings. The highest BCUT2D eigenvalue weighted by Crippen LogP contribution is 2.48. The van der Waals surface area contributed by atoms with E-state index in [0.717, 1.165) is 11.5 Å². The summed E-state index contributed by atoms with van der Waals surface area (Å²) in [4.78, 5) is 8.69. The number of hydrogen-bond acceptors (Lipinski definition) is 3. The van der Waals surface area contributed by atoms with Gasteiger partial charge in [-0.15, -0.1) is 0 Å². The molecule has 1 N–H and O–H groups in total. The minimum atomic E-state index is -2.51. The van der Waals surface area contributed by atoms with Crippen LogP contribution in [0.5, 0.6) is 0 Å². The van der Waals surface area contributed by atoms with Crippen LogP contribution >= 0.6 is 0 Å². The molecule has 0 amide bonds. The van der Waals surface area contributed by atoms with Gasteiger partial charge in [-0.05, 0) is 12.3 Å². The molecule has 1 saturated carbocycles. The van der Waals surface area contributed by atoms with Gasteiger partial charge < -0.3 is 9.88 Å². The lowest BCUT2D eigenvalue weighted by Crippen LogP contribution is -2.38. The Bertz CT molecular complexity index is 552. The van der Waals surface area contributed by atoms with Crippen molar-refractivity contribution in [1.82, 2.24) is 14.9 Å². The summed E-state index contributed by atoms with van der Waals surface area (Å²) in [5.74, 6) is -1.87. The first kappa shape index (κ1) is 10.2. The second-order valence-electron chi connectivity index (χ2n) is 5.11. The molecule has 1 fully saturated rings. The predicted octanol–water partition coefficient (Wildman–Crippen LogP) is 1.81. The second kappa shape index (κ2) is 3.18. The highest BCUT2D eigenvalue weighted by molar-refractivity contribution is 5.78. The average molecular weight is 250 g/mol. The average Bonchev–Trinajstić information content (AvgIpc) is 2.91. The van der Waals surface area contributed by atoms with E-state index in [9.17, 15) is 8.78 Å². The van der Waals surface area contributed by atoms with Crippen LogP contribution in [-0.4, -0.2) is 27.9 Å². The summed E-state index contributed by atoms with van der Waals surface area (Å²) in [6.45, 7) is 0. The lowest BCUT2D eigenvalue weighted by molar-refractivity contribution is -0.0892. The molecule has 3 heterocycles. The molecule has 4 nitrogen and oxygen atoms in total. The Balaban J connectivity index is 1.73. The Labute approximate surface area is 102 Å². The van der Waals surface area contributed by atoms with Crippen LogP contribution < -0.4 is 5.32 Å². The molecule has 1 aromatic rings. The van der Waals surface area contributed by atoms with Crippen molar-refractivity contribution >= 4 is 6.21 Å². The van der Waals surface area contributed by atoms with Crippen LogP contribution in [0.1, 0.15) is 36.3 Å². The Morgan fingerprint density at radius 2 is 2.22 bits per heavy atom. The van der Waals surface area contributed by atoms with Crippen molar-refractivity contribution < 1.29 is 8.78 Å². The lowest BCUT2D eigenvalue weighted by Gasteiger charge is -2.36. The van der Waals surface area contributed by atoms with Gasteiger partial charge in [0.15, 0.2) is 0 Å². The molecule has 6 heteroatoms. The fraction of sp³-hybridized carbons (Fsp3) is 0.500. The number of halogens is 2. The van der Waals surface area contributed by atoms with Crippen molar-refractivity contribution in [3.8, 4) is 0 Å². The molecule has 94 valence electrons.